The van der Waals surface area contributed by atoms with Gasteiger partial charge in [-0.15, -0.1) is 0 Å². The van der Waals surface area contributed by atoms with Gasteiger partial charge >= 0.3 is 5.69 Å². The molecule has 0 aromatic heterocycles. The number of hydrogen-bond acceptors (Lipinski definition) is 4. The van der Waals surface area contributed by atoms with Crippen molar-refractivity contribution < 1.29 is 9.11 Å². The van der Waals surface area contributed by atoms with Crippen LogP contribution in [0.2, 0.25) is 0 Å². The van der Waals surface area contributed by atoms with Crippen molar-refractivity contribution in [2.24, 2.45) is 0 Å². The predicted octanol–water partition coefficient (Wildman–Crippen LogP) is 4.37. The number of nitro benzene ring substituents is 1. The Hall–Kier alpha value is -1.23. The van der Waals surface area contributed by atoms with Gasteiger partial charge in [0, 0.05) is 17.9 Å². The van der Waals surface area contributed by atoms with Gasteiger partial charge in [0.2, 0.25) is 5.75 Å². The summed E-state index contributed by atoms with van der Waals surface area (Å²) in [4.78, 5) is 10.6. The Morgan fingerprint density at radius 3 is 2.72 bits per heavy atom. The zero-order valence-corrected chi connectivity index (χ0v) is 11.7. The van der Waals surface area contributed by atoms with Crippen LogP contribution in [0.5, 0.6) is 5.75 Å². The smallest absolute Gasteiger partial charge is 0.312 e. The Labute approximate surface area is 112 Å². The number of nitro groups is 1. The fourth-order valence-corrected chi connectivity index (χ4v) is 2.19. The van der Waals surface area contributed by atoms with Crippen LogP contribution in [0.4, 0.5) is 5.69 Å². The second-order valence-electron chi connectivity index (χ2n) is 4.08. The number of hydrogen-bond donors (Lipinski definition) is 0. The first-order valence-electron chi connectivity index (χ1n) is 6.17. The number of nitrogens with zero attached hydrogens (tertiary/aromatic N) is 1. The topological polar surface area (TPSA) is 52.4 Å². The zero-order valence-electron chi connectivity index (χ0n) is 10.8. The van der Waals surface area contributed by atoms with E-state index in [9.17, 15) is 10.1 Å². The van der Waals surface area contributed by atoms with Gasteiger partial charge in [0.15, 0.2) is 0 Å². The van der Waals surface area contributed by atoms with Gasteiger partial charge in [-0.3, -0.25) is 10.1 Å². The van der Waals surface area contributed by atoms with Crippen molar-refractivity contribution in [3.05, 3.63) is 33.9 Å². The van der Waals surface area contributed by atoms with Crippen LogP contribution in [-0.2, 0) is 6.42 Å². The summed E-state index contributed by atoms with van der Waals surface area (Å²) in [5.74, 6) is 0.409. The quantitative estimate of drug-likeness (QED) is 0.304. The van der Waals surface area contributed by atoms with Gasteiger partial charge in [-0.2, -0.15) is 0 Å². The largest absolute Gasteiger partial charge is 0.419 e. The Morgan fingerprint density at radius 1 is 1.33 bits per heavy atom. The molecule has 100 valence electrons. The molecule has 4 nitrogen and oxygen atoms in total. The molecule has 0 N–H and O–H groups in total. The monoisotopic (exact) mass is 269 g/mol. The van der Waals surface area contributed by atoms with Gasteiger partial charge in [-0.1, -0.05) is 38.3 Å². The molecule has 0 aliphatic heterocycles. The van der Waals surface area contributed by atoms with E-state index in [1.54, 1.807) is 12.3 Å². The summed E-state index contributed by atoms with van der Waals surface area (Å²) in [6, 6.07) is 5.12. The van der Waals surface area contributed by atoms with Crippen LogP contribution in [0, 0.1) is 10.1 Å². The van der Waals surface area contributed by atoms with Gasteiger partial charge in [0.1, 0.15) is 0 Å². The van der Waals surface area contributed by atoms with Gasteiger partial charge in [0.25, 0.3) is 0 Å². The normalized spacial score (nSPS) is 10.3. The molecule has 0 spiro atoms. The number of unbranched alkanes of at least 4 members (excludes halogenated alkanes) is 3. The molecule has 0 aliphatic rings. The average molecular weight is 269 g/mol. The lowest BCUT2D eigenvalue weighted by Crippen LogP contribution is -1.97. The minimum atomic E-state index is -0.388. The number of para-hydroxylation sites is 1. The first kappa shape index (κ1) is 14.8. The summed E-state index contributed by atoms with van der Waals surface area (Å²) in [7, 11) is 0. The highest BCUT2D eigenvalue weighted by Gasteiger charge is 2.18. The summed E-state index contributed by atoms with van der Waals surface area (Å²) in [6.45, 7) is 2.16. The van der Waals surface area contributed by atoms with Crippen molar-refractivity contribution in [2.75, 3.05) is 6.26 Å². The highest BCUT2D eigenvalue weighted by Crippen LogP contribution is 2.33. The van der Waals surface area contributed by atoms with Crippen molar-refractivity contribution in [3.63, 3.8) is 0 Å². The lowest BCUT2D eigenvalue weighted by molar-refractivity contribution is -0.385. The van der Waals surface area contributed by atoms with E-state index in [0.29, 0.717) is 5.75 Å². The van der Waals surface area contributed by atoms with E-state index in [-0.39, 0.29) is 10.6 Å². The van der Waals surface area contributed by atoms with E-state index in [1.165, 1.54) is 18.9 Å². The molecule has 0 radical (unpaired) electrons. The predicted molar refractivity (Wildman–Crippen MR) is 75.1 cm³/mol. The molecular formula is C13H19NO3S. The van der Waals surface area contributed by atoms with E-state index in [0.717, 1.165) is 36.9 Å². The highest BCUT2D eigenvalue weighted by molar-refractivity contribution is 7.94. The van der Waals surface area contributed by atoms with Gasteiger partial charge in [-0.05, 0) is 12.8 Å². The molecule has 1 aromatic rings. The summed E-state index contributed by atoms with van der Waals surface area (Å²) < 4.78 is 5.36. The minimum absolute atomic E-state index is 0.0531. The van der Waals surface area contributed by atoms with Crippen LogP contribution in [0.15, 0.2) is 18.2 Å². The van der Waals surface area contributed by atoms with Crippen LogP contribution in [0.25, 0.3) is 0 Å². The molecule has 0 saturated heterocycles. The van der Waals surface area contributed by atoms with E-state index in [4.69, 9.17) is 4.18 Å². The molecule has 0 bridgehead atoms. The van der Waals surface area contributed by atoms with Gasteiger partial charge < -0.3 is 4.18 Å². The highest BCUT2D eigenvalue weighted by atomic mass is 32.2. The summed E-state index contributed by atoms with van der Waals surface area (Å²) in [6.07, 6.45) is 7.17. The molecule has 0 heterocycles. The number of rotatable bonds is 8. The Kier molecular flexibility index (Phi) is 6.57. The van der Waals surface area contributed by atoms with Crippen molar-refractivity contribution in [1.82, 2.24) is 0 Å². The van der Waals surface area contributed by atoms with Crippen molar-refractivity contribution in [1.29, 1.82) is 0 Å². The van der Waals surface area contributed by atoms with Gasteiger partial charge in [0.05, 0.1) is 17.0 Å². The third kappa shape index (κ3) is 4.22. The molecule has 0 amide bonds. The molecule has 18 heavy (non-hydrogen) atoms. The maximum Gasteiger partial charge on any atom is 0.312 e. The molecule has 0 saturated carbocycles. The summed E-state index contributed by atoms with van der Waals surface area (Å²) >= 11 is 1.14. The van der Waals surface area contributed by atoms with Crippen LogP contribution in [0.3, 0.4) is 0 Å². The molecular weight excluding hydrogens is 250 g/mol. The molecule has 0 atom stereocenters. The maximum atomic E-state index is 10.9. The SMILES string of the molecule is CCCCCCc1cccc([N+](=O)[O-])c1OSC. The first-order chi connectivity index (χ1) is 8.70. The zero-order chi connectivity index (χ0) is 13.4. The van der Waals surface area contributed by atoms with Crippen molar-refractivity contribution in [3.8, 4) is 5.75 Å². The van der Waals surface area contributed by atoms with Crippen molar-refractivity contribution in [2.45, 2.75) is 39.0 Å². The standard InChI is InChI=1S/C13H19NO3S/c1-3-4-5-6-8-11-9-7-10-12(14(15)16)13(11)17-18-2/h7,9-10H,3-6,8H2,1-2H3. The molecule has 1 aromatic carbocycles. The van der Waals surface area contributed by atoms with Crippen molar-refractivity contribution >= 4 is 17.7 Å². The van der Waals surface area contributed by atoms with E-state index < -0.39 is 0 Å². The Morgan fingerprint density at radius 2 is 2.11 bits per heavy atom. The maximum absolute atomic E-state index is 10.9. The number of aryl methyl sites for hydroxylation is 1. The molecule has 1 rings (SSSR count). The molecule has 0 unspecified atom stereocenters. The van der Waals surface area contributed by atoms with E-state index >= 15 is 0 Å². The van der Waals surface area contributed by atoms with Crippen LogP contribution in [0.1, 0.15) is 38.2 Å². The van der Waals surface area contributed by atoms with Crippen LogP contribution < -0.4 is 4.18 Å². The second kappa shape index (κ2) is 7.97. The summed E-state index contributed by atoms with van der Waals surface area (Å²) in [5.41, 5.74) is 0.979. The Bertz CT molecular complexity index is 396. The minimum Gasteiger partial charge on any atom is -0.419 e. The molecule has 0 fully saturated rings. The van der Waals surface area contributed by atoms with Crippen LogP contribution >= 0.6 is 12.0 Å². The fourth-order valence-electron chi connectivity index (χ4n) is 1.83. The van der Waals surface area contributed by atoms with E-state index in [1.807, 2.05) is 6.07 Å². The first-order valence-corrected chi connectivity index (χ1v) is 7.32. The average Bonchev–Trinajstić information content (AvgIpc) is 2.36. The van der Waals surface area contributed by atoms with Gasteiger partial charge in [-0.25, -0.2) is 0 Å². The number of benzene rings is 1. The lowest BCUT2D eigenvalue weighted by Gasteiger charge is -2.08. The summed E-state index contributed by atoms with van der Waals surface area (Å²) in [5, 5.41) is 10.9. The van der Waals surface area contributed by atoms with Crippen LogP contribution in [-0.4, -0.2) is 11.2 Å². The Balaban J connectivity index is 2.81. The lowest BCUT2D eigenvalue weighted by atomic mass is 10.0. The second-order valence-corrected chi connectivity index (χ2v) is 4.58. The molecule has 5 heteroatoms. The fraction of sp³-hybridized carbons (Fsp3) is 0.538. The van der Waals surface area contributed by atoms with E-state index in [2.05, 4.69) is 6.92 Å². The molecule has 0 aliphatic carbocycles. The third-order valence-corrected chi connectivity index (χ3v) is 3.07. The third-order valence-electron chi connectivity index (χ3n) is 2.74.